The lowest BCUT2D eigenvalue weighted by atomic mass is 9.98. The number of rotatable bonds is 9. The average molecular weight is 415 g/mol. The van der Waals surface area contributed by atoms with Crippen molar-refractivity contribution in [3.8, 4) is 5.75 Å². The van der Waals surface area contributed by atoms with E-state index in [9.17, 15) is 9.59 Å². The molecule has 0 bridgehead atoms. The van der Waals surface area contributed by atoms with Crippen LogP contribution in [0.15, 0.2) is 28.7 Å². The van der Waals surface area contributed by atoms with Gasteiger partial charge in [-0.2, -0.15) is 0 Å². The van der Waals surface area contributed by atoms with Crippen molar-refractivity contribution >= 4 is 11.9 Å². The van der Waals surface area contributed by atoms with Gasteiger partial charge in [-0.05, 0) is 43.9 Å². The number of aryl methyl sites for hydroxylation is 3. The predicted octanol–water partition coefficient (Wildman–Crippen LogP) is 2.60. The zero-order valence-electron chi connectivity index (χ0n) is 17.6. The molecule has 1 aliphatic rings. The monoisotopic (exact) mass is 415 g/mol. The Hall–Kier alpha value is -2.90. The van der Waals surface area contributed by atoms with Gasteiger partial charge in [0.1, 0.15) is 5.75 Å². The molecule has 1 aliphatic heterocycles. The summed E-state index contributed by atoms with van der Waals surface area (Å²) in [4.78, 5) is 26.2. The first-order valence-corrected chi connectivity index (χ1v) is 10.5. The molecule has 30 heavy (non-hydrogen) atoms. The van der Waals surface area contributed by atoms with Gasteiger partial charge in [0.05, 0.1) is 19.6 Å². The molecule has 1 fully saturated rings. The largest absolute Gasteiger partial charge is 0.497 e. The summed E-state index contributed by atoms with van der Waals surface area (Å²) < 4.78 is 16.0. The minimum atomic E-state index is -0.228. The third-order valence-corrected chi connectivity index (χ3v) is 5.22. The average Bonchev–Trinajstić information content (AvgIpc) is 3.24. The topological polar surface area (TPSA) is 94.8 Å². The molecule has 2 aromatic rings. The molecule has 8 heteroatoms. The lowest BCUT2D eigenvalue weighted by Gasteiger charge is -2.31. The third kappa shape index (κ3) is 6.05. The van der Waals surface area contributed by atoms with E-state index in [2.05, 4.69) is 10.2 Å². The molecule has 1 aromatic heterocycles. The summed E-state index contributed by atoms with van der Waals surface area (Å²) in [7, 11) is 1.64. The highest BCUT2D eigenvalue weighted by Crippen LogP contribution is 2.19. The quantitative estimate of drug-likeness (QED) is 0.581. The summed E-state index contributed by atoms with van der Waals surface area (Å²) in [5.74, 6) is 1.39. The molecular weight excluding hydrogens is 386 g/mol. The van der Waals surface area contributed by atoms with Crippen LogP contribution in [0.4, 0.5) is 0 Å². The highest BCUT2D eigenvalue weighted by atomic mass is 16.5. The maximum absolute atomic E-state index is 12.5. The Balaban J connectivity index is 1.45. The zero-order valence-corrected chi connectivity index (χ0v) is 17.6. The summed E-state index contributed by atoms with van der Waals surface area (Å²) in [6.07, 6.45) is 3.65. The molecule has 0 aliphatic carbocycles. The molecular formula is C22H29N3O5. The number of nitrogens with zero attached hydrogens (tertiary/aromatic N) is 3. The zero-order chi connectivity index (χ0) is 21.3. The van der Waals surface area contributed by atoms with Crippen LogP contribution in [0, 0.1) is 5.92 Å². The van der Waals surface area contributed by atoms with E-state index in [1.165, 1.54) is 0 Å². The van der Waals surface area contributed by atoms with Crippen molar-refractivity contribution < 1.29 is 23.5 Å². The molecule has 1 saturated heterocycles. The lowest BCUT2D eigenvalue weighted by Crippen LogP contribution is -2.42. The molecule has 162 valence electrons. The SMILES string of the molecule is CCOC(=O)[C@H]1CCCN(C(=O)CCc2nnc(CCc3cccc(OC)c3)o2)C1. The van der Waals surface area contributed by atoms with E-state index >= 15 is 0 Å². The Morgan fingerprint density at radius 2 is 2.00 bits per heavy atom. The van der Waals surface area contributed by atoms with Crippen LogP contribution >= 0.6 is 0 Å². The third-order valence-electron chi connectivity index (χ3n) is 5.22. The summed E-state index contributed by atoms with van der Waals surface area (Å²) in [5, 5.41) is 8.15. The molecule has 3 rings (SSSR count). The van der Waals surface area contributed by atoms with E-state index in [0.29, 0.717) is 44.3 Å². The van der Waals surface area contributed by atoms with E-state index in [1.54, 1.807) is 18.9 Å². The molecule has 2 heterocycles. The van der Waals surface area contributed by atoms with Crippen LogP contribution in [-0.4, -0.2) is 53.8 Å². The minimum absolute atomic E-state index is 0.000119. The number of carbonyl (C=O) groups is 2. The first kappa shape index (κ1) is 21.8. The van der Waals surface area contributed by atoms with Crippen molar-refractivity contribution in [1.29, 1.82) is 0 Å². The standard InChI is InChI=1S/C22H29N3O5/c1-3-29-22(27)17-7-5-13-25(15-17)21(26)12-11-20-24-23-19(30-20)10-9-16-6-4-8-18(14-16)28-2/h4,6,8,14,17H,3,5,7,9-13,15H2,1-2H3/t17-/m0/s1. The van der Waals surface area contributed by atoms with Crippen molar-refractivity contribution in [1.82, 2.24) is 15.1 Å². The van der Waals surface area contributed by atoms with Crippen molar-refractivity contribution in [3.05, 3.63) is 41.6 Å². The highest BCUT2D eigenvalue weighted by Gasteiger charge is 2.29. The first-order valence-electron chi connectivity index (χ1n) is 10.5. The number of amides is 1. The number of aromatic nitrogens is 2. The predicted molar refractivity (Wildman–Crippen MR) is 109 cm³/mol. The fourth-order valence-corrected chi connectivity index (χ4v) is 3.60. The first-order chi connectivity index (χ1) is 14.6. The van der Waals surface area contributed by atoms with E-state index in [1.807, 2.05) is 24.3 Å². The maximum atomic E-state index is 12.5. The summed E-state index contributed by atoms with van der Waals surface area (Å²) in [6, 6.07) is 7.87. The second kappa shape index (κ2) is 10.8. The molecule has 1 aromatic carbocycles. The Morgan fingerprint density at radius 3 is 2.77 bits per heavy atom. The summed E-state index contributed by atoms with van der Waals surface area (Å²) in [6.45, 7) is 3.25. The van der Waals surface area contributed by atoms with Gasteiger partial charge >= 0.3 is 5.97 Å². The molecule has 0 radical (unpaired) electrons. The van der Waals surface area contributed by atoms with Gasteiger partial charge in [-0.3, -0.25) is 9.59 Å². The number of esters is 1. The normalized spacial score (nSPS) is 16.3. The van der Waals surface area contributed by atoms with Crippen LogP contribution in [0.5, 0.6) is 5.75 Å². The molecule has 0 spiro atoms. The van der Waals surface area contributed by atoms with Gasteiger partial charge in [0.2, 0.25) is 17.7 Å². The van der Waals surface area contributed by atoms with E-state index in [4.69, 9.17) is 13.9 Å². The van der Waals surface area contributed by atoms with E-state index in [-0.39, 0.29) is 24.2 Å². The molecule has 0 unspecified atom stereocenters. The minimum Gasteiger partial charge on any atom is -0.497 e. The van der Waals surface area contributed by atoms with Crippen LogP contribution < -0.4 is 4.74 Å². The molecule has 8 nitrogen and oxygen atoms in total. The number of benzene rings is 1. The fraction of sp³-hybridized carbons (Fsp3) is 0.545. The van der Waals surface area contributed by atoms with E-state index in [0.717, 1.165) is 30.6 Å². The van der Waals surface area contributed by atoms with Crippen LogP contribution in [0.1, 0.15) is 43.5 Å². The van der Waals surface area contributed by atoms with Crippen LogP contribution in [-0.2, 0) is 33.6 Å². The molecule has 1 amide bonds. The van der Waals surface area contributed by atoms with Crippen LogP contribution in [0.3, 0.4) is 0 Å². The van der Waals surface area contributed by atoms with Gasteiger partial charge in [-0.25, -0.2) is 0 Å². The van der Waals surface area contributed by atoms with Gasteiger partial charge in [-0.15, -0.1) is 10.2 Å². The van der Waals surface area contributed by atoms with Gasteiger partial charge in [0.25, 0.3) is 0 Å². The summed E-state index contributed by atoms with van der Waals surface area (Å²) >= 11 is 0. The number of ether oxygens (including phenoxy) is 2. The van der Waals surface area contributed by atoms with E-state index < -0.39 is 0 Å². The number of likely N-dealkylation sites (tertiary alicyclic amines) is 1. The molecule has 1 atom stereocenters. The lowest BCUT2D eigenvalue weighted by molar-refractivity contribution is -0.151. The van der Waals surface area contributed by atoms with Crippen molar-refractivity contribution in [2.45, 2.75) is 45.4 Å². The van der Waals surface area contributed by atoms with Crippen LogP contribution in [0.2, 0.25) is 0 Å². The number of carbonyl (C=O) groups excluding carboxylic acids is 2. The van der Waals surface area contributed by atoms with Gasteiger partial charge in [0.15, 0.2) is 0 Å². The Labute approximate surface area is 176 Å². The number of hydrogen-bond donors (Lipinski definition) is 0. The maximum Gasteiger partial charge on any atom is 0.310 e. The van der Waals surface area contributed by atoms with Crippen molar-refractivity contribution in [2.75, 3.05) is 26.8 Å². The van der Waals surface area contributed by atoms with Gasteiger partial charge < -0.3 is 18.8 Å². The number of piperidine rings is 1. The number of hydrogen-bond acceptors (Lipinski definition) is 7. The van der Waals surface area contributed by atoms with Crippen molar-refractivity contribution in [2.24, 2.45) is 5.92 Å². The van der Waals surface area contributed by atoms with Crippen molar-refractivity contribution in [3.63, 3.8) is 0 Å². The Kier molecular flexibility index (Phi) is 7.82. The fourth-order valence-electron chi connectivity index (χ4n) is 3.60. The Morgan fingerprint density at radius 1 is 1.20 bits per heavy atom. The van der Waals surface area contributed by atoms with Crippen LogP contribution in [0.25, 0.3) is 0 Å². The van der Waals surface area contributed by atoms with Gasteiger partial charge in [0, 0.05) is 32.4 Å². The summed E-state index contributed by atoms with van der Waals surface area (Å²) in [5.41, 5.74) is 1.13. The Bertz CT molecular complexity index is 851. The number of methoxy groups -OCH3 is 1. The second-order valence-electron chi connectivity index (χ2n) is 7.37. The molecule has 0 N–H and O–H groups in total. The van der Waals surface area contributed by atoms with Gasteiger partial charge in [-0.1, -0.05) is 12.1 Å². The molecule has 0 saturated carbocycles. The smallest absolute Gasteiger partial charge is 0.310 e. The highest BCUT2D eigenvalue weighted by molar-refractivity contribution is 5.78. The second-order valence-corrected chi connectivity index (χ2v) is 7.37.